The third kappa shape index (κ3) is 5.80. The van der Waals surface area contributed by atoms with Crippen LogP contribution in [0, 0.1) is 0 Å². The van der Waals surface area contributed by atoms with E-state index in [2.05, 4.69) is 6.58 Å². The molecule has 58 valence electrons. The van der Waals surface area contributed by atoms with Crippen molar-refractivity contribution < 1.29 is 9.09 Å². The summed E-state index contributed by atoms with van der Waals surface area (Å²) in [6.07, 6.45) is 5.83. The first-order chi connectivity index (χ1) is 4.81. The van der Waals surface area contributed by atoms with Gasteiger partial charge in [-0.1, -0.05) is 18.2 Å². The first kappa shape index (κ1) is 9.67. The Kier molecular flexibility index (Phi) is 6.56. The lowest BCUT2D eigenvalue weighted by Gasteiger charge is -1.95. The van der Waals surface area contributed by atoms with Crippen LogP contribution < -0.4 is 0 Å². The topological polar surface area (TPSA) is 26.3 Å². The molecule has 0 radical (unpaired) electrons. The molecule has 0 heterocycles. The molecule has 0 N–H and O–H groups in total. The Balaban J connectivity index is 3.34. The Morgan fingerprint density at radius 1 is 1.70 bits per heavy atom. The van der Waals surface area contributed by atoms with Gasteiger partial charge in [0.15, 0.2) is 8.03 Å². The molecule has 0 rings (SSSR count). The monoisotopic (exact) mass is 160 g/mol. The Bertz CT molecular complexity index is 141. The fraction of sp³-hybridized carbons (Fsp3) is 0.429. The Labute approximate surface area is 62.5 Å². The summed E-state index contributed by atoms with van der Waals surface area (Å²) in [6.45, 7) is 5.72. The maximum atomic E-state index is 10.8. The molecule has 0 saturated carbocycles. The van der Waals surface area contributed by atoms with E-state index in [1.165, 1.54) is 0 Å². The molecule has 0 aromatic rings. The molecule has 0 fully saturated rings. The fourth-order valence-electron chi connectivity index (χ4n) is 0.425. The van der Waals surface area contributed by atoms with Crippen molar-refractivity contribution >= 4 is 8.03 Å². The quantitative estimate of drug-likeness (QED) is 0.455. The molecule has 0 aliphatic carbocycles. The van der Waals surface area contributed by atoms with E-state index in [1.54, 1.807) is 6.08 Å². The van der Waals surface area contributed by atoms with Gasteiger partial charge in [-0.05, 0) is 6.92 Å². The highest BCUT2D eigenvalue weighted by atomic mass is 31.1. The van der Waals surface area contributed by atoms with Gasteiger partial charge in [0.25, 0.3) is 0 Å². The number of hydrogen-bond acceptors (Lipinski definition) is 2. The lowest BCUT2D eigenvalue weighted by molar-refractivity contribution is 0.373. The van der Waals surface area contributed by atoms with Crippen molar-refractivity contribution in [3.05, 3.63) is 24.8 Å². The lowest BCUT2D eigenvalue weighted by Crippen LogP contribution is -1.80. The van der Waals surface area contributed by atoms with E-state index in [-0.39, 0.29) is 0 Å². The van der Waals surface area contributed by atoms with Crippen molar-refractivity contribution in [2.24, 2.45) is 0 Å². The normalized spacial score (nSPS) is 13.7. The number of allylic oxidation sites excluding steroid dienone is 2. The molecule has 0 aliphatic rings. The van der Waals surface area contributed by atoms with Crippen LogP contribution in [0.5, 0.6) is 0 Å². The molecule has 0 aromatic heterocycles. The minimum absolute atomic E-state index is 0.384. The predicted molar refractivity (Wildman–Crippen MR) is 44.8 cm³/mol. The van der Waals surface area contributed by atoms with Crippen LogP contribution in [0.4, 0.5) is 0 Å². The van der Waals surface area contributed by atoms with Gasteiger partial charge in [0.05, 0.1) is 6.61 Å². The van der Waals surface area contributed by atoms with Gasteiger partial charge >= 0.3 is 0 Å². The fourth-order valence-corrected chi connectivity index (χ4v) is 1.27. The summed E-state index contributed by atoms with van der Waals surface area (Å²) < 4.78 is 15.7. The lowest BCUT2D eigenvalue weighted by atomic mass is 10.6. The third-order valence-electron chi connectivity index (χ3n) is 0.882. The van der Waals surface area contributed by atoms with Gasteiger partial charge in [0, 0.05) is 6.16 Å². The van der Waals surface area contributed by atoms with E-state index in [4.69, 9.17) is 4.52 Å². The van der Waals surface area contributed by atoms with Gasteiger partial charge in [-0.2, -0.15) is 0 Å². The molecule has 0 spiro atoms. The first-order valence-corrected chi connectivity index (χ1v) is 4.71. The molecule has 0 saturated heterocycles. The van der Waals surface area contributed by atoms with Crippen molar-refractivity contribution in [3.63, 3.8) is 0 Å². The minimum atomic E-state index is -1.82. The van der Waals surface area contributed by atoms with Crippen LogP contribution in [-0.4, -0.2) is 12.8 Å². The third-order valence-corrected chi connectivity index (χ3v) is 1.94. The van der Waals surface area contributed by atoms with Crippen LogP contribution >= 0.6 is 8.03 Å². The Morgan fingerprint density at radius 3 is 2.90 bits per heavy atom. The SMILES string of the molecule is C=CCO[PH](=O)CC=CC. The molecule has 3 heteroatoms. The Morgan fingerprint density at radius 2 is 2.40 bits per heavy atom. The summed E-state index contributed by atoms with van der Waals surface area (Å²) in [5.41, 5.74) is 0. The van der Waals surface area contributed by atoms with Crippen LogP contribution in [0.1, 0.15) is 6.92 Å². The molecular weight excluding hydrogens is 147 g/mol. The van der Waals surface area contributed by atoms with E-state index in [1.807, 2.05) is 19.1 Å². The zero-order chi connectivity index (χ0) is 7.82. The second-order valence-corrected chi connectivity index (χ2v) is 3.19. The van der Waals surface area contributed by atoms with Crippen LogP contribution in [-0.2, 0) is 9.09 Å². The maximum absolute atomic E-state index is 10.8. The van der Waals surface area contributed by atoms with Gasteiger partial charge in [-0.3, -0.25) is 4.57 Å². The molecule has 0 aliphatic heterocycles. The summed E-state index contributed by atoms with van der Waals surface area (Å²) in [5.74, 6) is 0. The molecule has 2 nitrogen and oxygen atoms in total. The predicted octanol–water partition coefficient (Wildman–Crippen LogP) is 2.24. The highest BCUT2D eigenvalue weighted by Crippen LogP contribution is 2.21. The van der Waals surface area contributed by atoms with Gasteiger partial charge in [0.1, 0.15) is 0 Å². The molecule has 10 heavy (non-hydrogen) atoms. The van der Waals surface area contributed by atoms with Gasteiger partial charge in [-0.25, -0.2) is 0 Å². The van der Waals surface area contributed by atoms with Gasteiger partial charge in [0.2, 0.25) is 0 Å². The van der Waals surface area contributed by atoms with Crippen LogP contribution in [0.2, 0.25) is 0 Å². The summed E-state index contributed by atoms with van der Waals surface area (Å²) in [4.78, 5) is 0. The average Bonchev–Trinajstić information content (AvgIpc) is 1.97. The smallest absolute Gasteiger partial charge is 0.195 e. The van der Waals surface area contributed by atoms with Gasteiger partial charge in [-0.15, -0.1) is 6.58 Å². The van der Waals surface area contributed by atoms with E-state index in [0.29, 0.717) is 12.8 Å². The largest absolute Gasteiger partial charge is 0.326 e. The second kappa shape index (κ2) is 6.79. The van der Waals surface area contributed by atoms with Crippen molar-refractivity contribution in [2.75, 3.05) is 12.8 Å². The second-order valence-electron chi connectivity index (χ2n) is 1.74. The molecule has 0 aromatic carbocycles. The average molecular weight is 160 g/mol. The zero-order valence-corrected chi connectivity index (χ0v) is 7.17. The molecule has 0 bridgehead atoms. The number of hydrogen-bond donors (Lipinski definition) is 0. The van der Waals surface area contributed by atoms with Crippen LogP contribution in [0.25, 0.3) is 0 Å². The van der Waals surface area contributed by atoms with E-state index in [9.17, 15) is 4.57 Å². The summed E-state index contributed by atoms with van der Waals surface area (Å²) in [5, 5.41) is 0. The highest BCUT2D eigenvalue weighted by Gasteiger charge is 1.91. The van der Waals surface area contributed by atoms with E-state index >= 15 is 0 Å². The minimum Gasteiger partial charge on any atom is -0.326 e. The Hall–Kier alpha value is -0.330. The van der Waals surface area contributed by atoms with E-state index < -0.39 is 8.03 Å². The standard InChI is InChI=1S/C7H13O2P/c1-3-5-7-10(8)9-6-4-2/h3-5,10H,2,6-7H2,1H3. The van der Waals surface area contributed by atoms with Crippen molar-refractivity contribution in [2.45, 2.75) is 6.92 Å². The molecular formula is C7H13O2P. The number of rotatable bonds is 5. The highest BCUT2D eigenvalue weighted by molar-refractivity contribution is 7.39. The van der Waals surface area contributed by atoms with Crippen molar-refractivity contribution in [3.8, 4) is 0 Å². The summed E-state index contributed by atoms with van der Waals surface area (Å²) >= 11 is 0. The summed E-state index contributed by atoms with van der Waals surface area (Å²) in [6, 6.07) is 0. The van der Waals surface area contributed by atoms with Crippen molar-refractivity contribution in [1.29, 1.82) is 0 Å². The summed E-state index contributed by atoms with van der Waals surface area (Å²) in [7, 11) is -1.82. The first-order valence-electron chi connectivity index (χ1n) is 3.19. The molecule has 0 amide bonds. The van der Waals surface area contributed by atoms with E-state index in [0.717, 1.165) is 0 Å². The van der Waals surface area contributed by atoms with Crippen LogP contribution in [0.15, 0.2) is 24.8 Å². The van der Waals surface area contributed by atoms with Crippen LogP contribution in [0.3, 0.4) is 0 Å². The van der Waals surface area contributed by atoms with Crippen molar-refractivity contribution in [1.82, 2.24) is 0 Å². The van der Waals surface area contributed by atoms with Gasteiger partial charge < -0.3 is 4.52 Å². The molecule has 1 unspecified atom stereocenters. The maximum Gasteiger partial charge on any atom is 0.195 e. The zero-order valence-electron chi connectivity index (χ0n) is 6.17. The molecule has 1 atom stereocenters.